The SMILES string of the molecule is CCN(CC)Cc1sc(C(F)(F)F)nc1-c1ccccc1. The summed E-state index contributed by atoms with van der Waals surface area (Å²) in [7, 11) is 0. The van der Waals surface area contributed by atoms with Gasteiger partial charge < -0.3 is 0 Å². The third-order valence-electron chi connectivity index (χ3n) is 3.25. The van der Waals surface area contributed by atoms with Gasteiger partial charge in [0.25, 0.3) is 0 Å². The maximum absolute atomic E-state index is 12.9. The molecule has 2 nitrogen and oxygen atoms in total. The van der Waals surface area contributed by atoms with E-state index in [4.69, 9.17) is 0 Å². The van der Waals surface area contributed by atoms with Crippen molar-refractivity contribution in [3.8, 4) is 11.3 Å². The van der Waals surface area contributed by atoms with Crippen LogP contribution in [-0.2, 0) is 12.7 Å². The molecule has 1 aromatic heterocycles. The van der Waals surface area contributed by atoms with E-state index in [1.54, 1.807) is 12.1 Å². The fourth-order valence-electron chi connectivity index (χ4n) is 2.05. The number of thiazole rings is 1. The molecule has 1 heterocycles. The Morgan fingerprint density at radius 3 is 2.24 bits per heavy atom. The molecule has 0 aliphatic heterocycles. The molecule has 1 aromatic carbocycles. The first-order valence-corrected chi connectivity index (χ1v) is 7.62. The Morgan fingerprint density at radius 1 is 1.10 bits per heavy atom. The van der Waals surface area contributed by atoms with Crippen LogP contribution >= 0.6 is 11.3 Å². The predicted octanol–water partition coefficient (Wildman–Crippen LogP) is 4.67. The van der Waals surface area contributed by atoms with Crippen molar-refractivity contribution in [2.75, 3.05) is 13.1 Å². The first kappa shape index (κ1) is 16.0. The lowest BCUT2D eigenvalue weighted by Crippen LogP contribution is -2.21. The molecule has 0 fully saturated rings. The summed E-state index contributed by atoms with van der Waals surface area (Å²) in [6, 6.07) is 9.04. The van der Waals surface area contributed by atoms with Crippen molar-refractivity contribution in [2.45, 2.75) is 26.6 Å². The van der Waals surface area contributed by atoms with Crippen molar-refractivity contribution >= 4 is 11.3 Å². The molecule has 0 radical (unpaired) electrons. The van der Waals surface area contributed by atoms with E-state index in [9.17, 15) is 13.2 Å². The highest BCUT2D eigenvalue weighted by Crippen LogP contribution is 2.38. The van der Waals surface area contributed by atoms with E-state index in [1.165, 1.54) is 0 Å². The summed E-state index contributed by atoms with van der Waals surface area (Å²) in [6.07, 6.45) is -4.39. The number of rotatable bonds is 5. The zero-order chi connectivity index (χ0) is 15.5. The summed E-state index contributed by atoms with van der Waals surface area (Å²) >= 11 is 0.743. The lowest BCUT2D eigenvalue weighted by molar-refractivity contribution is -0.137. The number of nitrogens with zero attached hydrogens (tertiary/aromatic N) is 2. The monoisotopic (exact) mass is 314 g/mol. The Bertz CT molecular complexity index is 574. The van der Waals surface area contributed by atoms with Crippen LogP contribution in [0, 0.1) is 0 Å². The van der Waals surface area contributed by atoms with Crippen LogP contribution in [0.1, 0.15) is 23.7 Å². The molecule has 0 aliphatic rings. The van der Waals surface area contributed by atoms with Crippen LogP contribution in [0.2, 0.25) is 0 Å². The highest BCUT2D eigenvalue weighted by atomic mass is 32.1. The van der Waals surface area contributed by atoms with E-state index in [-0.39, 0.29) is 0 Å². The van der Waals surface area contributed by atoms with Gasteiger partial charge in [-0.15, -0.1) is 11.3 Å². The van der Waals surface area contributed by atoms with Gasteiger partial charge in [-0.05, 0) is 13.1 Å². The molecule has 2 aromatic rings. The second-order valence-electron chi connectivity index (χ2n) is 4.62. The van der Waals surface area contributed by atoms with Gasteiger partial charge in [-0.25, -0.2) is 4.98 Å². The minimum Gasteiger partial charge on any atom is -0.299 e. The Morgan fingerprint density at radius 2 is 1.71 bits per heavy atom. The number of hydrogen-bond donors (Lipinski definition) is 0. The fourth-order valence-corrected chi connectivity index (χ4v) is 3.05. The molecule has 0 atom stereocenters. The molecular weight excluding hydrogens is 297 g/mol. The number of benzene rings is 1. The van der Waals surface area contributed by atoms with Crippen LogP contribution in [0.4, 0.5) is 13.2 Å². The van der Waals surface area contributed by atoms with E-state index in [0.29, 0.717) is 17.1 Å². The van der Waals surface area contributed by atoms with Gasteiger partial charge in [0.2, 0.25) is 0 Å². The van der Waals surface area contributed by atoms with E-state index in [2.05, 4.69) is 9.88 Å². The van der Waals surface area contributed by atoms with Crippen molar-refractivity contribution in [1.29, 1.82) is 0 Å². The second kappa shape index (κ2) is 6.58. The minimum absolute atomic E-state index is 0.444. The number of halogens is 3. The van der Waals surface area contributed by atoms with Crippen LogP contribution < -0.4 is 0 Å². The maximum atomic E-state index is 12.9. The summed E-state index contributed by atoms with van der Waals surface area (Å²) in [5.74, 6) is 0. The molecular formula is C15H17F3N2S. The standard InChI is InChI=1S/C15H17F3N2S/c1-3-20(4-2)10-12-13(11-8-6-5-7-9-11)19-14(21-12)15(16,17)18/h5-9H,3-4,10H2,1-2H3. The zero-order valence-electron chi connectivity index (χ0n) is 11.9. The summed E-state index contributed by atoms with van der Waals surface area (Å²) in [5, 5.41) is -0.775. The second-order valence-corrected chi connectivity index (χ2v) is 5.70. The molecule has 21 heavy (non-hydrogen) atoms. The van der Waals surface area contributed by atoms with Gasteiger partial charge in [0.15, 0.2) is 5.01 Å². The Kier molecular flexibility index (Phi) is 5.00. The van der Waals surface area contributed by atoms with Crippen LogP contribution in [0.3, 0.4) is 0 Å². The molecule has 0 saturated carbocycles. The predicted molar refractivity (Wildman–Crippen MR) is 79.2 cm³/mol. The van der Waals surface area contributed by atoms with Crippen LogP contribution in [0.25, 0.3) is 11.3 Å². The van der Waals surface area contributed by atoms with Crippen molar-refractivity contribution in [2.24, 2.45) is 0 Å². The average Bonchev–Trinajstić information content (AvgIpc) is 2.89. The van der Waals surface area contributed by atoms with Gasteiger partial charge in [0.05, 0.1) is 5.69 Å². The molecule has 0 N–H and O–H groups in total. The van der Waals surface area contributed by atoms with Gasteiger partial charge in [0.1, 0.15) is 0 Å². The van der Waals surface area contributed by atoms with Crippen LogP contribution in [0.15, 0.2) is 30.3 Å². The van der Waals surface area contributed by atoms with Crippen molar-refractivity contribution in [3.63, 3.8) is 0 Å². The van der Waals surface area contributed by atoms with Crippen LogP contribution in [0.5, 0.6) is 0 Å². The molecule has 0 saturated heterocycles. The normalized spacial score (nSPS) is 12.1. The number of alkyl halides is 3. The summed E-state index contributed by atoms with van der Waals surface area (Å²) in [5.41, 5.74) is 1.17. The van der Waals surface area contributed by atoms with Crippen LogP contribution in [-0.4, -0.2) is 23.0 Å². The summed E-state index contributed by atoms with van der Waals surface area (Å²) in [4.78, 5) is 6.59. The Hall–Kier alpha value is -1.40. The van der Waals surface area contributed by atoms with E-state index < -0.39 is 11.2 Å². The first-order chi connectivity index (χ1) is 9.95. The lowest BCUT2D eigenvalue weighted by atomic mass is 10.1. The Labute approximate surface area is 126 Å². The highest BCUT2D eigenvalue weighted by molar-refractivity contribution is 7.12. The first-order valence-electron chi connectivity index (χ1n) is 6.80. The fraction of sp³-hybridized carbons (Fsp3) is 0.400. The molecule has 2 rings (SSSR count). The third kappa shape index (κ3) is 3.83. The largest absolute Gasteiger partial charge is 0.443 e. The molecule has 0 unspecified atom stereocenters. The van der Waals surface area contributed by atoms with Crippen molar-refractivity contribution < 1.29 is 13.2 Å². The van der Waals surface area contributed by atoms with Crippen molar-refractivity contribution in [3.05, 3.63) is 40.2 Å². The lowest BCUT2D eigenvalue weighted by Gasteiger charge is -2.17. The van der Waals surface area contributed by atoms with Gasteiger partial charge in [-0.3, -0.25) is 4.90 Å². The van der Waals surface area contributed by atoms with Gasteiger partial charge >= 0.3 is 6.18 Å². The average molecular weight is 314 g/mol. The zero-order valence-corrected chi connectivity index (χ0v) is 12.8. The molecule has 0 bridgehead atoms. The molecule has 114 valence electrons. The smallest absolute Gasteiger partial charge is 0.299 e. The topological polar surface area (TPSA) is 16.1 Å². The third-order valence-corrected chi connectivity index (χ3v) is 4.33. The highest BCUT2D eigenvalue weighted by Gasteiger charge is 2.36. The maximum Gasteiger partial charge on any atom is 0.443 e. The molecule has 0 spiro atoms. The number of aromatic nitrogens is 1. The van der Waals surface area contributed by atoms with E-state index >= 15 is 0 Å². The Balaban J connectivity index is 2.44. The summed E-state index contributed by atoms with van der Waals surface area (Å²) < 4.78 is 38.8. The van der Waals surface area contributed by atoms with E-state index in [0.717, 1.165) is 30.0 Å². The number of hydrogen-bond acceptors (Lipinski definition) is 3. The van der Waals surface area contributed by atoms with Crippen molar-refractivity contribution in [1.82, 2.24) is 9.88 Å². The molecule has 6 heteroatoms. The van der Waals surface area contributed by atoms with Gasteiger partial charge in [-0.2, -0.15) is 13.2 Å². The molecule has 0 aliphatic carbocycles. The van der Waals surface area contributed by atoms with Gasteiger partial charge in [-0.1, -0.05) is 44.2 Å². The minimum atomic E-state index is -4.39. The van der Waals surface area contributed by atoms with Gasteiger partial charge in [0, 0.05) is 17.0 Å². The van der Waals surface area contributed by atoms with E-state index in [1.807, 2.05) is 32.0 Å². The summed E-state index contributed by atoms with van der Waals surface area (Å²) in [6.45, 7) is 6.08. The molecule has 0 amide bonds. The quantitative estimate of drug-likeness (QED) is 0.797.